The lowest BCUT2D eigenvalue weighted by Gasteiger charge is -2.07. The summed E-state index contributed by atoms with van der Waals surface area (Å²) in [6.45, 7) is 0. The lowest BCUT2D eigenvalue weighted by Crippen LogP contribution is -2.06. The van der Waals surface area contributed by atoms with Crippen LogP contribution in [0, 0.1) is 0 Å². The summed E-state index contributed by atoms with van der Waals surface area (Å²) < 4.78 is 3.25. The smallest absolute Gasteiger partial charge is 0.0954 e. The largest absolute Gasteiger partial charge is 0.326 e. The first kappa shape index (κ1) is 10.1. The minimum absolute atomic E-state index is 0.292. The molecule has 1 aliphatic rings. The molecule has 2 aromatic rings. The second-order valence-corrected chi connectivity index (χ2v) is 5.08. The van der Waals surface area contributed by atoms with Crippen LogP contribution in [0.15, 0.2) is 41.3 Å². The zero-order valence-electron chi connectivity index (χ0n) is 8.68. The van der Waals surface area contributed by atoms with E-state index in [4.69, 9.17) is 5.73 Å². The quantitative estimate of drug-likeness (QED) is 0.917. The van der Waals surface area contributed by atoms with Crippen LogP contribution >= 0.6 is 15.9 Å². The van der Waals surface area contributed by atoms with Crippen LogP contribution in [0.1, 0.15) is 12.5 Å². The maximum Gasteiger partial charge on any atom is 0.0954 e. The van der Waals surface area contributed by atoms with Crippen LogP contribution in [0.5, 0.6) is 0 Å². The molecule has 3 nitrogen and oxygen atoms in total. The SMILES string of the molecule is NC1CC1n1cncc1-c1cccc(Br)c1. The maximum absolute atomic E-state index is 5.88. The van der Waals surface area contributed by atoms with Crippen LogP contribution in [0.25, 0.3) is 11.3 Å². The van der Waals surface area contributed by atoms with Gasteiger partial charge >= 0.3 is 0 Å². The van der Waals surface area contributed by atoms with Gasteiger partial charge in [-0.3, -0.25) is 0 Å². The topological polar surface area (TPSA) is 43.8 Å². The number of hydrogen-bond acceptors (Lipinski definition) is 2. The molecule has 1 aromatic heterocycles. The third-order valence-corrected chi connectivity index (χ3v) is 3.44. The van der Waals surface area contributed by atoms with Crippen LogP contribution in [-0.2, 0) is 0 Å². The Morgan fingerprint density at radius 3 is 2.94 bits per heavy atom. The summed E-state index contributed by atoms with van der Waals surface area (Å²) in [7, 11) is 0. The Hall–Kier alpha value is -1.13. The first-order valence-corrected chi connectivity index (χ1v) is 6.08. The Kier molecular flexibility index (Phi) is 2.33. The second-order valence-electron chi connectivity index (χ2n) is 4.16. The highest BCUT2D eigenvalue weighted by atomic mass is 79.9. The van der Waals surface area contributed by atoms with Crippen molar-refractivity contribution in [2.24, 2.45) is 5.73 Å². The molecule has 1 fully saturated rings. The average Bonchev–Trinajstić information content (AvgIpc) is 2.80. The molecule has 4 heteroatoms. The standard InChI is InChI=1S/C12H12BrN3/c13-9-3-1-2-8(4-9)12-6-15-7-16(12)11-5-10(11)14/h1-4,6-7,10-11H,5,14H2. The van der Waals surface area contributed by atoms with E-state index in [9.17, 15) is 0 Å². The lowest BCUT2D eigenvalue weighted by molar-refractivity contribution is 0.718. The number of imidazole rings is 1. The van der Waals surface area contributed by atoms with Crippen molar-refractivity contribution in [3.63, 3.8) is 0 Å². The molecule has 0 radical (unpaired) electrons. The Morgan fingerprint density at radius 2 is 2.25 bits per heavy atom. The molecule has 1 aliphatic carbocycles. The van der Waals surface area contributed by atoms with Gasteiger partial charge in [0.25, 0.3) is 0 Å². The fourth-order valence-corrected chi connectivity index (χ4v) is 2.36. The Labute approximate surface area is 102 Å². The summed E-state index contributed by atoms with van der Waals surface area (Å²) >= 11 is 3.48. The number of rotatable bonds is 2. The van der Waals surface area contributed by atoms with Gasteiger partial charge in [0.15, 0.2) is 0 Å². The molecule has 2 unspecified atom stereocenters. The zero-order valence-corrected chi connectivity index (χ0v) is 10.3. The van der Waals surface area contributed by atoms with Gasteiger partial charge in [-0.1, -0.05) is 28.1 Å². The van der Waals surface area contributed by atoms with Crippen molar-refractivity contribution in [2.75, 3.05) is 0 Å². The number of nitrogens with zero attached hydrogens (tertiary/aromatic N) is 2. The van der Waals surface area contributed by atoms with E-state index >= 15 is 0 Å². The van der Waals surface area contributed by atoms with Crippen molar-refractivity contribution in [1.29, 1.82) is 0 Å². The second kappa shape index (κ2) is 3.71. The van der Waals surface area contributed by atoms with E-state index < -0.39 is 0 Å². The number of nitrogens with two attached hydrogens (primary N) is 1. The van der Waals surface area contributed by atoms with Gasteiger partial charge in [0.2, 0.25) is 0 Å². The number of hydrogen-bond donors (Lipinski definition) is 1. The van der Waals surface area contributed by atoms with Gasteiger partial charge in [-0.25, -0.2) is 4.98 Å². The van der Waals surface area contributed by atoms with Gasteiger partial charge in [0.05, 0.1) is 24.3 Å². The van der Waals surface area contributed by atoms with Crippen molar-refractivity contribution < 1.29 is 0 Å². The van der Waals surface area contributed by atoms with E-state index in [-0.39, 0.29) is 0 Å². The van der Waals surface area contributed by atoms with Crippen molar-refractivity contribution in [3.8, 4) is 11.3 Å². The predicted molar refractivity (Wildman–Crippen MR) is 67.0 cm³/mol. The minimum atomic E-state index is 0.292. The maximum atomic E-state index is 5.88. The molecule has 1 saturated carbocycles. The Balaban J connectivity index is 2.03. The van der Waals surface area contributed by atoms with E-state index in [0.717, 1.165) is 16.6 Å². The molecular formula is C12H12BrN3. The lowest BCUT2D eigenvalue weighted by atomic mass is 10.2. The first-order valence-electron chi connectivity index (χ1n) is 5.29. The van der Waals surface area contributed by atoms with Gasteiger partial charge < -0.3 is 10.3 Å². The molecule has 0 spiro atoms. The molecule has 1 aromatic carbocycles. The summed E-state index contributed by atoms with van der Waals surface area (Å²) in [5, 5.41) is 0. The van der Waals surface area contributed by atoms with Crippen molar-refractivity contribution in [3.05, 3.63) is 41.3 Å². The summed E-state index contributed by atoms with van der Waals surface area (Å²) in [6.07, 6.45) is 4.82. The summed E-state index contributed by atoms with van der Waals surface area (Å²) in [4.78, 5) is 4.22. The van der Waals surface area contributed by atoms with Crippen LogP contribution in [0.4, 0.5) is 0 Å². The Bertz CT molecular complexity index is 520. The van der Waals surface area contributed by atoms with Gasteiger partial charge in [-0.15, -0.1) is 0 Å². The number of aromatic nitrogens is 2. The van der Waals surface area contributed by atoms with Crippen LogP contribution in [-0.4, -0.2) is 15.6 Å². The third-order valence-electron chi connectivity index (χ3n) is 2.95. The van der Waals surface area contributed by atoms with Gasteiger partial charge in [0.1, 0.15) is 0 Å². The van der Waals surface area contributed by atoms with Crippen molar-refractivity contribution in [1.82, 2.24) is 9.55 Å². The molecule has 0 bridgehead atoms. The molecule has 2 N–H and O–H groups in total. The normalized spacial score (nSPS) is 23.4. The van der Waals surface area contributed by atoms with E-state index in [1.165, 1.54) is 5.56 Å². The first-order chi connectivity index (χ1) is 7.75. The number of halogens is 1. The fraction of sp³-hybridized carbons (Fsp3) is 0.250. The molecule has 0 saturated heterocycles. The van der Waals surface area contributed by atoms with Crippen LogP contribution in [0.3, 0.4) is 0 Å². The van der Waals surface area contributed by atoms with Gasteiger partial charge in [-0.05, 0) is 18.6 Å². The highest BCUT2D eigenvalue weighted by molar-refractivity contribution is 9.10. The average molecular weight is 278 g/mol. The zero-order chi connectivity index (χ0) is 11.1. The molecule has 2 atom stereocenters. The van der Waals surface area contributed by atoms with E-state index in [2.05, 4.69) is 37.6 Å². The van der Waals surface area contributed by atoms with Gasteiger partial charge in [-0.2, -0.15) is 0 Å². The van der Waals surface area contributed by atoms with Crippen LogP contribution in [0.2, 0.25) is 0 Å². The highest BCUT2D eigenvalue weighted by Gasteiger charge is 2.36. The molecule has 1 heterocycles. The monoisotopic (exact) mass is 277 g/mol. The highest BCUT2D eigenvalue weighted by Crippen LogP contribution is 2.37. The molecular weight excluding hydrogens is 266 g/mol. The summed E-state index contributed by atoms with van der Waals surface area (Å²) in [6, 6.07) is 8.96. The molecule has 16 heavy (non-hydrogen) atoms. The molecule has 3 rings (SSSR count). The van der Waals surface area contributed by atoms with E-state index in [1.54, 1.807) is 0 Å². The number of benzene rings is 1. The van der Waals surface area contributed by atoms with Crippen molar-refractivity contribution >= 4 is 15.9 Å². The summed E-state index contributed by atoms with van der Waals surface area (Å²) in [5.41, 5.74) is 8.19. The van der Waals surface area contributed by atoms with E-state index in [0.29, 0.717) is 12.1 Å². The molecule has 0 aliphatic heterocycles. The minimum Gasteiger partial charge on any atom is -0.326 e. The Morgan fingerprint density at radius 1 is 1.44 bits per heavy atom. The van der Waals surface area contributed by atoms with E-state index in [1.807, 2.05) is 24.7 Å². The fourth-order valence-electron chi connectivity index (χ4n) is 1.96. The van der Waals surface area contributed by atoms with Crippen molar-refractivity contribution in [2.45, 2.75) is 18.5 Å². The summed E-state index contributed by atoms with van der Waals surface area (Å²) in [5.74, 6) is 0. The van der Waals surface area contributed by atoms with Gasteiger partial charge in [0, 0.05) is 16.1 Å². The van der Waals surface area contributed by atoms with Crippen LogP contribution < -0.4 is 5.73 Å². The molecule has 0 amide bonds. The third kappa shape index (κ3) is 1.68. The predicted octanol–water partition coefficient (Wildman–Crippen LogP) is 2.58. The molecule has 82 valence electrons.